The fraction of sp³-hybridized carbons (Fsp3) is 0.795. The smallest absolute Gasteiger partial charge is 0.458 e. The number of likely N-dealkylation sites (N-methyl/N-ethyl adjacent to an activating group) is 1. The molecule has 3 aliphatic heterocycles. The molecule has 0 aromatic rings. The molecule has 0 bridgehead atoms. The number of carbonyl (C=O) groups excluding carboxylic acids is 3. The molecular formula is C39H64N2O12. The van der Waals surface area contributed by atoms with Crippen molar-refractivity contribution in [3.63, 3.8) is 0 Å². The summed E-state index contributed by atoms with van der Waals surface area (Å²) >= 11 is 0. The zero-order valence-electron chi connectivity index (χ0n) is 33.8. The number of ether oxygens (including phenoxy) is 8. The van der Waals surface area contributed by atoms with Crippen molar-refractivity contribution in [3.05, 3.63) is 25.3 Å². The molecule has 3 fully saturated rings. The van der Waals surface area contributed by atoms with Gasteiger partial charge in [-0.05, 0) is 61.1 Å². The second-order valence-corrected chi connectivity index (χ2v) is 15.4. The SMILES string of the molecule is C=CCO/N=C1\[C@H](C)C[C@@](C)(OC)[C@H](O[C@@H]2O[C@H](C)C[C@H](N(C)C)[C@H]2OC(C)=O)[C@@H](C)[C@H](OCC=C)[C@@H](C)C(=O)O[C@H](CC)[C@@]2(C)OC(=O)O[C@@H]2[C@H]1C. The molecule has 0 aliphatic carbocycles. The van der Waals surface area contributed by atoms with Crippen molar-refractivity contribution in [2.24, 2.45) is 28.8 Å². The minimum Gasteiger partial charge on any atom is -0.458 e. The second kappa shape index (κ2) is 19.0. The summed E-state index contributed by atoms with van der Waals surface area (Å²) in [4.78, 5) is 47.2. The molecule has 3 saturated heterocycles. The molecule has 53 heavy (non-hydrogen) atoms. The van der Waals surface area contributed by atoms with Crippen LogP contribution in [0.4, 0.5) is 4.79 Å². The third-order valence-corrected chi connectivity index (χ3v) is 11.0. The number of carbonyl (C=O) groups is 3. The lowest BCUT2D eigenvalue weighted by Crippen LogP contribution is -2.61. The number of esters is 2. The monoisotopic (exact) mass is 752 g/mol. The van der Waals surface area contributed by atoms with Gasteiger partial charge in [0.2, 0.25) is 0 Å². The van der Waals surface area contributed by atoms with Gasteiger partial charge in [-0.25, -0.2) is 4.79 Å². The maximum absolute atomic E-state index is 14.2. The van der Waals surface area contributed by atoms with Crippen molar-refractivity contribution in [2.45, 2.75) is 142 Å². The molecule has 0 unspecified atom stereocenters. The van der Waals surface area contributed by atoms with E-state index in [0.717, 1.165) is 0 Å². The molecule has 0 radical (unpaired) electrons. The van der Waals surface area contributed by atoms with Gasteiger partial charge in [-0.1, -0.05) is 51.6 Å². The maximum atomic E-state index is 14.2. The van der Waals surface area contributed by atoms with Crippen LogP contribution < -0.4 is 0 Å². The van der Waals surface area contributed by atoms with Crippen LogP contribution in [0.2, 0.25) is 0 Å². The Morgan fingerprint density at radius 2 is 1.68 bits per heavy atom. The van der Waals surface area contributed by atoms with Crippen LogP contribution in [-0.2, 0) is 52.3 Å². The Labute approximate surface area is 315 Å². The number of hydrogen-bond acceptors (Lipinski definition) is 14. The van der Waals surface area contributed by atoms with Crippen LogP contribution in [0.25, 0.3) is 0 Å². The van der Waals surface area contributed by atoms with Crippen molar-refractivity contribution in [1.29, 1.82) is 0 Å². The highest BCUT2D eigenvalue weighted by Gasteiger charge is 2.59. The van der Waals surface area contributed by atoms with E-state index in [4.69, 9.17) is 42.7 Å². The van der Waals surface area contributed by atoms with E-state index >= 15 is 0 Å². The largest absolute Gasteiger partial charge is 0.509 e. The molecular weight excluding hydrogens is 688 g/mol. The third kappa shape index (κ3) is 10.2. The molecule has 14 atom stereocenters. The highest BCUT2D eigenvalue weighted by molar-refractivity contribution is 5.89. The van der Waals surface area contributed by atoms with Crippen molar-refractivity contribution >= 4 is 23.8 Å². The second-order valence-electron chi connectivity index (χ2n) is 15.4. The summed E-state index contributed by atoms with van der Waals surface area (Å²) in [6, 6.07) is -0.214. The van der Waals surface area contributed by atoms with Crippen molar-refractivity contribution in [3.8, 4) is 0 Å². The first-order valence-electron chi connectivity index (χ1n) is 18.7. The summed E-state index contributed by atoms with van der Waals surface area (Å²) < 4.78 is 50.1. The Balaban J connectivity index is 2.28. The molecule has 302 valence electrons. The van der Waals surface area contributed by atoms with Crippen LogP contribution in [0.5, 0.6) is 0 Å². The van der Waals surface area contributed by atoms with Gasteiger partial charge in [0.05, 0.1) is 48.2 Å². The molecule has 3 aliphatic rings. The van der Waals surface area contributed by atoms with E-state index in [9.17, 15) is 14.4 Å². The van der Waals surface area contributed by atoms with Gasteiger partial charge in [-0.15, -0.1) is 6.58 Å². The first-order valence-corrected chi connectivity index (χ1v) is 18.7. The predicted octanol–water partition coefficient (Wildman–Crippen LogP) is 5.47. The van der Waals surface area contributed by atoms with E-state index < -0.39 is 83.9 Å². The van der Waals surface area contributed by atoms with Gasteiger partial charge in [-0.2, -0.15) is 0 Å². The maximum Gasteiger partial charge on any atom is 0.509 e. The van der Waals surface area contributed by atoms with E-state index in [2.05, 4.69) is 18.3 Å². The van der Waals surface area contributed by atoms with Crippen molar-refractivity contribution in [2.75, 3.05) is 34.4 Å². The summed E-state index contributed by atoms with van der Waals surface area (Å²) in [5.41, 5.74) is -1.90. The highest BCUT2D eigenvalue weighted by Crippen LogP contribution is 2.43. The Hall–Kier alpha value is -3.04. The van der Waals surface area contributed by atoms with Crippen LogP contribution >= 0.6 is 0 Å². The Morgan fingerprint density at radius 1 is 1.02 bits per heavy atom. The van der Waals surface area contributed by atoms with Gasteiger partial charge in [0.1, 0.15) is 12.7 Å². The van der Waals surface area contributed by atoms with Crippen LogP contribution in [0.3, 0.4) is 0 Å². The Kier molecular flexibility index (Phi) is 15.9. The molecule has 3 heterocycles. The molecule has 0 N–H and O–H groups in total. The lowest BCUT2D eigenvalue weighted by molar-refractivity contribution is -0.304. The van der Waals surface area contributed by atoms with Gasteiger partial charge in [0, 0.05) is 31.8 Å². The Bertz CT molecular complexity index is 1310. The van der Waals surface area contributed by atoms with E-state index in [-0.39, 0.29) is 31.3 Å². The van der Waals surface area contributed by atoms with Gasteiger partial charge in [0.25, 0.3) is 0 Å². The molecule has 14 nitrogen and oxygen atoms in total. The molecule has 0 spiro atoms. The molecule has 0 aromatic heterocycles. The number of cyclic esters (lactones) is 1. The topological polar surface area (TPSA) is 150 Å². The van der Waals surface area contributed by atoms with Gasteiger partial charge >= 0.3 is 18.1 Å². The number of hydrogen-bond donors (Lipinski definition) is 0. The third-order valence-electron chi connectivity index (χ3n) is 11.0. The summed E-state index contributed by atoms with van der Waals surface area (Å²) in [6.45, 7) is 24.2. The zero-order chi connectivity index (χ0) is 39.8. The molecule has 0 saturated carbocycles. The number of methoxy groups -OCH3 is 1. The number of nitrogens with zero attached hydrogens (tertiary/aromatic N) is 2. The van der Waals surface area contributed by atoms with E-state index in [1.807, 2.05) is 60.5 Å². The lowest BCUT2D eigenvalue weighted by atomic mass is 9.73. The normalized spacial score (nSPS) is 40.7. The van der Waals surface area contributed by atoms with E-state index in [0.29, 0.717) is 25.0 Å². The molecule has 0 aromatic carbocycles. The van der Waals surface area contributed by atoms with Crippen LogP contribution in [-0.4, -0.2) is 123 Å². The highest BCUT2D eigenvalue weighted by atomic mass is 16.8. The first-order chi connectivity index (χ1) is 24.9. The molecule has 3 rings (SSSR count). The van der Waals surface area contributed by atoms with Crippen LogP contribution in [0.1, 0.15) is 81.6 Å². The zero-order valence-corrected chi connectivity index (χ0v) is 33.8. The average Bonchev–Trinajstić information content (AvgIpc) is 3.41. The van der Waals surface area contributed by atoms with E-state index in [1.54, 1.807) is 33.1 Å². The summed E-state index contributed by atoms with van der Waals surface area (Å²) in [5.74, 6) is -3.34. The molecule has 0 amide bonds. The van der Waals surface area contributed by atoms with E-state index in [1.165, 1.54) is 6.92 Å². The average molecular weight is 753 g/mol. The van der Waals surface area contributed by atoms with Gasteiger partial charge in [-0.3, -0.25) is 9.59 Å². The predicted molar refractivity (Wildman–Crippen MR) is 197 cm³/mol. The molecule has 14 heteroatoms. The summed E-state index contributed by atoms with van der Waals surface area (Å²) in [6.07, 6.45) is -1.83. The quantitative estimate of drug-likeness (QED) is 0.0817. The summed E-state index contributed by atoms with van der Waals surface area (Å²) in [7, 11) is 5.44. The minimum atomic E-state index is -1.35. The number of oxime groups is 1. The standard InChI is InChI=1S/C39H64N2O12/c1-15-18-46-31-25(7)33(51-36-32(49-27(9)42)28(41(12)13)20-23(5)48-36)38(10,45-14)21-22(4)30(40-47-19-16-2)24(6)34-39(11,53-37(44)52-34)29(17-3)50-35(43)26(31)8/h15-16,22-26,28-29,31-34,36H,1-2,17-21H2,3-14H3/b40-30+/t22-,23-,24+,25+,26-,28+,29-,31+,32-,33-,34-,36+,38-,39-/m1/s1. The fourth-order valence-electron chi connectivity index (χ4n) is 8.32. The Morgan fingerprint density at radius 3 is 2.25 bits per heavy atom. The van der Waals surface area contributed by atoms with Crippen LogP contribution in [0, 0.1) is 23.7 Å². The number of rotatable bonds is 12. The number of fused-ring (bicyclic) bond motifs is 1. The van der Waals surface area contributed by atoms with Crippen molar-refractivity contribution < 1.29 is 57.1 Å². The first kappa shape index (κ1) is 44.4. The summed E-state index contributed by atoms with van der Waals surface area (Å²) in [5, 5.41) is 4.57. The lowest BCUT2D eigenvalue weighted by Gasteiger charge is -2.49. The van der Waals surface area contributed by atoms with Gasteiger partial charge < -0.3 is 47.6 Å². The van der Waals surface area contributed by atoms with Crippen LogP contribution in [0.15, 0.2) is 30.5 Å². The van der Waals surface area contributed by atoms with Crippen molar-refractivity contribution in [1.82, 2.24) is 4.90 Å². The fourth-order valence-corrected chi connectivity index (χ4v) is 8.32. The minimum absolute atomic E-state index is 0.132. The van der Waals surface area contributed by atoms with Gasteiger partial charge in [0.15, 0.2) is 24.1 Å².